The van der Waals surface area contributed by atoms with E-state index in [4.69, 9.17) is 4.74 Å². The van der Waals surface area contributed by atoms with Gasteiger partial charge in [-0.25, -0.2) is 22.7 Å². The SMILES string of the molecule is COC(=O)/C=C/C(=O)OCC(NS(=O)(=O)CC(C)C)c1ccccc1. The van der Waals surface area contributed by atoms with E-state index in [1.54, 1.807) is 44.2 Å². The lowest BCUT2D eigenvalue weighted by Gasteiger charge is -2.19. The largest absolute Gasteiger partial charge is 0.466 e. The first-order chi connectivity index (χ1) is 11.7. The third kappa shape index (κ3) is 8.46. The van der Waals surface area contributed by atoms with Crippen LogP contribution in [0.1, 0.15) is 25.5 Å². The normalized spacial score (nSPS) is 13.0. The highest BCUT2D eigenvalue weighted by atomic mass is 32.2. The molecule has 0 radical (unpaired) electrons. The Labute approximate surface area is 148 Å². The summed E-state index contributed by atoms with van der Waals surface area (Å²) in [6.07, 6.45) is 1.86. The molecule has 0 spiro atoms. The minimum Gasteiger partial charge on any atom is -0.466 e. The van der Waals surface area contributed by atoms with Crippen LogP contribution in [0, 0.1) is 5.92 Å². The summed E-state index contributed by atoms with van der Waals surface area (Å²) >= 11 is 0. The van der Waals surface area contributed by atoms with Gasteiger partial charge in [0.05, 0.1) is 18.9 Å². The lowest BCUT2D eigenvalue weighted by molar-refractivity contribution is -0.139. The van der Waals surface area contributed by atoms with Crippen LogP contribution in [-0.4, -0.2) is 39.8 Å². The van der Waals surface area contributed by atoms with Gasteiger partial charge in [-0.2, -0.15) is 0 Å². The second-order valence-electron chi connectivity index (χ2n) is 5.74. The lowest BCUT2D eigenvalue weighted by atomic mass is 10.1. The number of hydrogen-bond donors (Lipinski definition) is 1. The van der Waals surface area contributed by atoms with Gasteiger partial charge < -0.3 is 9.47 Å². The second-order valence-corrected chi connectivity index (χ2v) is 7.54. The van der Waals surface area contributed by atoms with Crippen LogP contribution in [0.25, 0.3) is 0 Å². The molecule has 1 aromatic carbocycles. The smallest absolute Gasteiger partial charge is 0.331 e. The summed E-state index contributed by atoms with van der Waals surface area (Å²) in [4.78, 5) is 22.6. The van der Waals surface area contributed by atoms with Crippen molar-refractivity contribution in [3.63, 3.8) is 0 Å². The fourth-order valence-corrected chi connectivity index (χ4v) is 3.62. The number of ether oxygens (including phenoxy) is 2. The predicted molar refractivity (Wildman–Crippen MR) is 93.1 cm³/mol. The summed E-state index contributed by atoms with van der Waals surface area (Å²) in [7, 11) is -2.35. The van der Waals surface area contributed by atoms with E-state index in [0.29, 0.717) is 5.56 Å². The van der Waals surface area contributed by atoms with Crippen molar-refractivity contribution in [2.24, 2.45) is 5.92 Å². The van der Waals surface area contributed by atoms with E-state index >= 15 is 0 Å². The average molecular weight is 369 g/mol. The number of carbonyl (C=O) groups is 2. The number of sulfonamides is 1. The van der Waals surface area contributed by atoms with Crippen molar-refractivity contribution >= 4 is 22.0 Å². The Morgan fingerprint density at radius 3 is 2.28 bits per heavy atom. The predicted octanol–water partition coefficient (Wildman–Crippen LogP) is 1.58. The van der Waals surface area contributed by atoms with Crippen LogP contribution < -0.4 is 4.72 Å². The quantitative estimate of drug-likeness (QED) is 0.524. The molecule has 0 aromatic heterocycles. The van der Waals surface area contributed by atoms with Gasteiger partial charge in [0.2, 0.25) is 10.0 Å². The molecule has 0 bridgehead atoms. The number of hydrogen-bond acceptors (Lipinski definition) is 6. The van der Waals surface area contributed by atoms with E-state index in [2.05, 4.69) is 9.46 Å². The fourth-order valence-electron chi connectivity index (χ4n) is 2.01. The average Bonchev–Trinajstić information content (AvgIpc) is 2.55. The summed E-state index contributed by atoms with van der Waals surface area (Å²) in [6.45, 7) is 3.40. The highest BCUT2D eigenvalue weighted by Crippen LogP contribution is 2.15. The van der Waals surface area contributed by atoms with Crippen molar-refractivity contribution in [1.29, 1.82) is 0 Å². The zero-order valence-corrected chi connectivity index (χ0v) is 15.3. The Balaban J connectivity index is 2.81. The molecule has 138 valence electrons. The number of esters is 2. The van der Waals surface area contributed by atoms with E-state index < -0.39 is 28.0 Å². The Kier molecular flexibility index (Phi) is 8.30. The third-order valence-corrected chi connectivity index (χ3v) is 4.77. The molecule has 1 N–H and O–H groups in total. The molecule has 0 saturated heterocycles. The van der Waals surface area contributed by atoms with Gasteiger partial charge in [-0.15, -0.1) is 0 Å². The molecule has 0 saturated carbocycles. The third-order valence-electron chi connectivity index (χ3n) is 3.03. The molecule has 0 aliphatic rings. The summed E-state index contributed by atoms with van der Waals surface area (Å²) in [6, 6.07) is 8.08. The molecule has 0 aliphatic carbocycles. The standard InChI is InChI=1S/C17H23NO6S/c1-13(2)12-25(21,22)18-15(14-7-5-4-6-8-14)11-24-17(20)10-9-16(19)23-3/h4-10,13,15,18H,11-12H2,1-3H3/b10-9+. The summed E-state index contributed by atoms with van der Waals surface area (Å²) in [5.74, 6) is -1.53. The zero-order chi connectivity index (χ0) is 18.9. The second kappa shape index (κ2) is 9.95. The van der Waals surface area contributed by atoms with Crippen LogP contribution in [0.5, 0.6) is 0 Å². The topological polar surface area (TPSA) is 98.8 Å². The van der Waals surface area contributed by atoms with Gasteiger partial charge >= 0.3 is 11.9 Å². The highest BCUT2D eigenvalue weighted by molar-refractivity contribution is 7.89. The lowest BCUT2D eigenvalue weighted by Crippen LogP contribution is -2.35. The monoisotopic (exact) mass is 369 g/mol. The maximum Gasteiger partial charge on any atom is 0.331 e. The first-order valence-electron chi connectivity index (χ1n) is 7.71. The molecule has 0 heterocycles. The Morgan fingerprint density at radius 1 is 1.12 bits per heavy atom. The summed E-state index contributed by atoms with van der Waals surface area (Å²) < 4.78 is 36.4. The van der Waals surface area contributed by atoms with Gasteiger partial charge in [0.25, 0.3) is 0 Å². The van der Waals surface area contributed by atoms with Crippen molar-refractivity contribution in [3.8, 4) is 0 Å². The number of rotatable bonds is 9. The van der Waals surface area contributed by atoms with E-state index in [9.17, 15) is 18.0 Å². The van der Waals surface area contributed by atoms with Crippen LogP contribution in [0.3, 0.4) is 0 Å². The van der Waals surface area contributed by atoms with Crippen LogP contribution in [0.2, 0.25) is 0 Å². The molecule has 1 unspecified atom stereocenters. The molecule has 0 fully saturated rings. The molecule has 0 amide bonds. The molecule has 8 heteroatoms. The van der Waals surface area contributed by atoms with Crippen molar-refractivity contribution in [1.82, 2.24) is 4.72 Å². The van der Waals surface area contributed by atoms with Crippen molar-refractivity contribution in [2.45, 2.75) is 19.9 Å². The minimum atomic E-state index is -3.54. The van der Waals surface area contributed by atoms with Crippen LogP contribution in [-0.2, 0) is 29.1 Å². The minimum absolute atomic E-state index is 0.0352. The molecular weight excluding hydrogens is 346 g/mol. The van der Waals surface area contributed by atoms with Gasteiger partial charge in [-0.05, 0) is 11.5 Å². The summed E-state index contributed by atoms with van der Waals surface area (Å²) in [5.41, 5.74) is 0.666. The van der Waals surface area contributed by atoms with Crippen LogP contribution in [0.15, 0.2) is 42.5 Å². The van der Waals surface area contributed by atoms with E-state index in [-0.39, 0.29) is 18.3 Å². The summed E-state index contributed by atoms with van der Waals surface area (Å²) in [5, 5.41) is 0. The number of carbonyl (C=O) groups excluding carboxylic acids is 2. The van der Waals surface area contributed by atoms with Crippen molar-refractivity contribution in [2.75, 3.05) is 19.5 Å². The molecule has 25 heavy (non-hydrogen) atoms. The van der Waals surface area contributed by atoms with Gasteiger partial charge in [0, 0.05) is 12.2 Å². The van der Waals surface area contributed by atoms with Crippen molar-refractivity contribution in [3.05, 3.63) is 48.0 Å². The maximum absolute atomic E-state index is 12.2. The Hall–Kier alpha value is -2.19. The molecule has 7 nitrogen and oxygen atoms in total. The van der Waals surface area contributed by atoms with Gasteiger partial charge in [-0.1, -0.05) is 44.2 Å². The van der Waals surface area contributed by atoms with Crippen molar-refractivity contribution < 1.29 is 27.5 Å². The molecule has 0 aliphatic heterocycles. The Morgan fingerprint density at radius 2 is 1.72 bits per heavy atom. The number of methoxy groups -OCH3 is 1. The van der Waals surface area contributed by atoms with Gasteiger partial charge in [-0.3, -0.25) is 0 Å². The highest BCUT2D eigenvalue weighted by Gasteiger charge is 2.21. The molecule has 1 atom stereocenters. The zero-order valence-electron chi connectivity index (χ0n) is 14.5. The van der Waals surface area contributed by atoms with E-state index in [1.807, 2.05) is 0 Å². The van der Waals surface area contributed by atoms with Crippen LogP contribution in [0.4, 0.5) is 0 Å². The van der Waals surface area contributed by atoms with Gasteiger partial charge in [0.15, 0.2) is 0 Å². The van der Waals surface area contributed by atoms with Gasteiger partial charge in [0.1, 0.15) is 6.61 Å². The number of benzene rings is 1. The number of nitrogens with one attached hydrogen (secondary N) is 1. The van der Waals surface area contributed by atoms with E-state index in [1.165, 1.54) is 7.11 Å². The molecular formula is C17H23NO6S. The first-order valence-corrected chi connectivity index (χ1v) is 9.36. The Bertz CT molecular complexity index is 697. The molecule has 1 rings (SSSR count). The maximum atomic E-state index is 12.2. The van der Waals surface area contributed by atoms with E-state index in [0.717, 1.165) is 12.2 Å². The van der Waals surface area contributed by atoms with Crippen LogP contribution >= 0.6 is 0 Å². The molecule has 1 aromatic rings. The fraction of sp³-hybridized carbons (Fsp3) is 0.412. The first kappa shape index (κ1) is 20.9.